The van der Waals surface area contributed by atoms with Crippen molar-refractivity contribution in [2.24, 2.45) is 0 Å². The third kappa shape index (κ3) is 5.63. The van der Waals surface area contributed by atoms with Gasteiger partial charge in [-0.15, -0.1) is 0 Å². The van der Waals surface area contributed by atoms with Crippen LogP contribution in [0.3, 0.4) is 0 Å². The van der Waals surface area contributed by atoms with Crippen LogP contribution in [0.5, 0.6) is 11.5 Å². The quantitative estimate of drug-likeness (QED) is 0.735. The first-order valence-electron chi connectivity index (χ1n) is 7.30. The van der Waals surface area contributed by atoms with Gasteiger partial charge in [-0.1, -0.05) is 24.9 Å². The first-order valence-corrected chi connectivity index (χ1v) is 7.68. The van der Waals surface area contributed by atoms with Gasteiger partial charge in [0.25, 0.3) is 5.91 Å². The summed E-state index contributed by atoms with van der Waals surface area (Å²) in [5.41, 5.74) is 0.182. The van der Waals surface area contributed by atoms with Gasteiger partial charge in [-0.25, -0.2) is 4.79 Å². The van der Waals surface area contributed by atoms with Crippen molar-refractivity contribution >= 4 is 23.5 Å². The Morgan fingerprint density at radius 2 is 1.96 bits per heavy atom. The van der Waals surface area contributed by atoms with Crippen LogP contribution in [-0.4, -0.2) is 38.7 Å². The highest BCUT2D eigenvalue weighted by molar-refractivity contribution is 6.32. The summed E-state index contributed by atoms with van der Waals surface area (Å²) in [4.78, 5) is 23.7. The van der Waals surface area contributed by atoms with E-state index in [-0.39, 0.29) is 29.1 Å². The van der Waals surface area contributed by atoms with Crippen molar-refractivity contribution in [3.05, 3.63) is 22.7 Å². The number of amides is 1. The van der Waals surface area contributed by atoms with Crippen molar-refractivity contribution in [3.8, 4) is 11.5 Å². The molecule has 1 aromatic carbocycles. The second kappa shape index (κ2) is 9.25. The summed E-state index contributed by atoms with van der Waals surface area (Å²) in [5.74, 6) is -0.359. The number of carbonyl (C=O) groups is 2. The Balaban J connectivity index is 2.68. The van der Waals surface area contributed by atoms with Crippen LogP contribution in [0.4, 0.5) is 0 Å². The number of carbonyl (C=O) groups excluding carboxylic acids is 2. The molecule has 1 rings (SSSR count). The number of hydrogen-bond acceptors (Lipinski definition) is 5. The van der Waals surface area contributed by atoms with Crippen molar-refractivity contribution < 1.29 is 23.8 Å². The van der Waals surface area contributed by atoms with Gasteiger partial charge in [0.05, 0.1) is 24.8 Å². The van der Waals surface area contributed by atoms with Crippen molar-refractivity contribution in [1.82, 2.24) is 5.32 Å². The third-order valence-electron chi connectivity index (χ3n) is 3.13. The van der Waals surface area contributed by atoms with Gasteiger partial charge in [0, 0.05) is 6.04 Å². The molecular weight excluding hydrogens is 322 g/mol. The fourth-order valence-corrected chi connectivity index (χ4v) is 2.36. The molecule has 0 radical (unpaired) electrons. The second-order valence-electron chi connectivity index (χ2n) is 5.03. The van der Waals surface area contributed by atoms with Gasteiger partial charge in [-0.3, -0.25) is 4.79 Å². The minimum atomic E-state index is -0.661. The lowest BCUT2D eigenvalue weighted by Gasteiger charge is -2.13. The zero-order chi connectivity index (χ0) is 17.4. The van der Waals surface area contributed by atoms with E-state index in [1.807, 2.05) is 13.8 Å². The molecule has 1 N–H and O–H groups in total. The molecule has 0 aliphatic heterocycles. The molecule has 6 nitrogen and oxygen atoms in total. The number of esters is 1. The highest BCUT2D eigenvalue weighted by atomic mass is 35.5. The number of hydrogen-bond donors (Lipinski definition) is 1. The minimum Gasteiger partial charge on any atom is -0.493 e. The van der Waals surface area contributed by atoms with Crippen molar-refractivity contribution in [1.29, 1.82) is 0 Å². The molecule has 1 aromatic rings. The van der Waals surface area contributed by atoms with Gasteiger partial charge >= 0.3 is 5.97 Å². The predicted molar refractivity (Wildman–Crippen MR) is 87.4 cm³/mol. The van der Waals surface area contributed by atoms with Crippen LogP contribution >= 0.6 is 11.6 Å². The molecule has 0 heterocycles. The summed E-state index contributed by atoms with van der Waals surface area (Å²) in [7, 11) is 2.88. The van der Waals surface area contributed by atoms with Crippen LogP contribution in [0.2, 0.25) is 5.02 Å². The maximum atomic E-state index is 12.0. The Morgan fingerprint density at radius 3 is 2.52 bits per heavy atom. The molecule has 0 fully saturated rings. The molecule has 1 amide bonds. The van der Waals surface area contributed by atoms with Crippen molar-refractivity contribution in [2.75, 3.05) is 20.8 Å². The van der Waals surface area contributed by atoms with E-state index in [1.54, 1.807) is 0 Å². The number of halogens is 1. The van der Waals surface area contributed by atoms with Gasteiger partial charge in [-0.2, -0.15) is 0 Å². The second-order valence-corrected chi connectivity index (χ2v) is 5.43. The molecule has 7 heteroatoms. The van der Waals surface area contributed by atoms with E-state index in [9.17, 15) is 9.59 Å². The molecule has 0 spiro atoms. The van der Waals surface area contributed by atoms with Crippen LogP contribution in [0, 0.1) is 0 Å². The molecule has 0 aliphatic carbocycles. The summed E-state index contributed by atoms with van der Waals surface area (Å²) < 4.78 is 15.2. The van der Waals surface area contributed by atoms with E-state index in [1.165, 1.54) is 26.4 Å². The SMILES string of the molecule is CCC[C@@H](C)NC(=O)COC(=O)c1cc(Cl)c(OC)c(OC)c1. The Hall–Kier alpha value is -1.95. The largest absolute Gasteiger partial charge is 0.493 e. The Kier molecular flexibility index (Phi) is 7.68. The van der Waals surface area contributed by atoms with E-state index in [0.29, 0.717) is 11.5 Å². The lowest BCUT2D eigenvalue weighted by Crippen LogP contribution is -2.35. The maximum Gasteiger partial charge on any atom is 0.338 e. The summed E-state index contributed by atoms with van der Waals surface area (Å²) in [6.07, 6.45) is 1.83. The third-order valence-corrected chi connectivity index (χ3v) is 3.41. The van der Waals surface area contributed by atoms with Gasteiger partial charge in [0.2, 0.25) is 0 Å². The van der Waals surface area contributed by atoms with Crippen molar-refractivity contribution in [3.63, 3.8) is 0 Å². The molecule has 128 valence electrons. The molecule has 1 atom stereocenters. The fraction of sp³-hybridized carbons (Fsp3) is 0.500. The Morgan fingerprint density at radius 1 is 1.26 bits per heavy atom. The number of benzene rings is 1. The van der Waals surface area contributed by atoms with Crippen LogP contribution < -0.4 is 14.8 Å². The Labute approximate surface area is 141 Å². The minimum absolute atomic E-state index is 0.0433. The maximum absolute atomic E-state index is 12.0. The number of rotatable bonds is 8. The van der Waals surface area contributed by atoms with Gasteiger partial charge in [0.1, 0.15) is 0 Å². The van der Waals surface area contributed by atoms with E-state index >= 15 is 0 Å². The zero-order valence-electron chi connectivity index (χ0n) is 13.8. The summed E-state index contributed by atoms with van der Waals surface area (Å²) in [6.45, 7) is 3.58. The molecule has 0 bridgehead atoms. The highest BCUT2D eigenvalue weighted by Crippen LogP contribution is 2.36. The zero-order valence-corrected chi connectivity index (χ0v) is 14.5. The highest BCUT2D eigenvalue weighted by Gasteiger charge is 2.17. The van der Waals surface area contributed by atoms with Crippen LogP contribution in [0.15, 0.2) is 12.1 Å². The molecule has 0 saturated carbocycles. The standard InChI is InChI=1S/C16H22ClNO5/c1-5-6-10(2)18-14(19)9-23-16(20)11-7-12(17)15(22-4)13(8-11)21-3/h7-8,10H,5-6,9H2,1-4H3,(H,18,19)/t10-/m1/s1. The van der Waals surface area contributed by atoms with Crippen LogP contribution in [0.25, 0.3) is 0 Å². The number of methoxy groups -OCH3 is 2. The topological polar surface area (TPSA) is 73.9 Å². The molecule has 23 heavy (non-hydrogen) atoms. The average molecular weight is 344 g/mol. The van der Waals surface area contributed by atoms with E-state index < -0.39 is 5.97 Å². The summed E-state index contributed by atoms with van der Waals surface area (Å²) in [5, 5.41) is 2.97. The average Bonchev–Trinajstić information content (AvgIpc) is 2.51. The number of ether oxygens (including phenoxy) is 3. The normalized spacial score (nSPS) is 11.5. The monoisotopic (exact) mass is 343 g/mol. The first-order chi connectivity index (χ1) is 10.9. The molecule has 0 aliphatic rings. The summed E-state index contributed by atoms with van der Waals surface area (Å²) >= 11 is 6.03. The van der Waals surface area contributed by atoms with Crippen molar-refractivity contribution in [2.45, 2.75) is 32.7 Å². The van der Waals surface area contributed by atoms with Crippen LogP contribution in [-0.2, 0) is 9.53 Å². The first kappa shape index (κ1) is 19.1. The predicted octanol–water partition coefficient (Wildman–Crippen LogP) is 2.82. The lowest BCUT2D eigenvalue weighted by atomic mass is 10.2. The fourth-order valence-electron chi connectivity index (χ4n) is 2.07. The van der Waals surface area contributed by atoms with E-state index in [0.717, 1.165) is 12.8 Å². The molecule has 0 saturated heterocycles. The Bertz CT molecular complexity index is 562. The molecular formula is C16H22ClNO5. The van der Waals surface area contributed by atoms with Gasteiger partial charge in [-0.05, 0) is 25.5 Å². The molecule has 0 unspecified atom stereocenters. The van der Waals surface area contributed by atoms with Gasteiger partial charge < -0.3 is 19.5 Å². The lowest BCUT2D eigenvalue weighted by molar-refractivity contribution is -0.124. The molecule has 0 aromatic heterocycles. The summed E-state index contributed by atoms with van der Waals surface area (Å²) in [6, 6.07) is 2.90. The van der Waals surface area contributed by atoms with E-state index in [4.69, 9.17) is 25.8 Å². The van der Waals surface area contributed by atoms with E-state index in [2.05, 4.69) is 5.32 Å². The van der Waals surface area contributed by atoms with Crippen LogP contribution in [0.1, 0.15) is 37.0 Å². The number of nitrogens with one attached hydrogen (secondary N) is 1. The van der Waals surface area contributed by atoms with Gasteiger partial charge in [0.15, 0.2) is 18.1 Å². The smallest absolute Gasteiger partial charge is 0.338 e.